The summed E-state index contributed by atoms with van der Waals surface area (Å²) in [5.41, 5.74) is 1.35. The molecule has 1 atom stereocenters. The summed E-state index contributed by atoms with van der Waals surface area (Å²) in [7, 11) is -2.37. The second-order valence-corrected chi connectivity index (χ2v) is 8.71. The van der Waals surface area contributed by atoms with Crippen LogP contribution >= 0.6 is 0 Å². The van der Waals surface area contributed by atoms with E-state index in [-0.39, 0.29) is 17.4 Å². The van der Waals surface area contributed by atoms with E-state index >= 15 is 0 Å². The number of hydrogen-bond acceptors (Lipinski definition) is 4. The molecule has 0 spiro atoms. The highest BCUT2D eigenvalue weighted by atomic mass is 32.2. The normalized spacial score (nSPS) is 16.9. The van der Waals surface area contributed by atoms with Gasteiger partial charge in [0.2, 0.25) is 10.0 Å². The molecular formula is C20H25NO4S. The Hall–Kier alpha value is -1.89. The van der Waals surface area contributed by atoms with Gasteiger partial charge in [-0.2, -0.15) is 0 Å². The van der Waals surface area contributed by atoms with Crippen molar-refractivity contribution < 1.29 is 18.3 Å². The lowest BCUT2D eigenvalue weighted by atomic mass is 9.89. The Balaban J connectivity index is 1.89. The summed E-state index contributed by atoms with van der Waals surface area (Å²) < 4.78 is 33.6. The molecular weight excluding hydrogens is 350 g/mol. The van der Waals surface area contributed by atoms with Crippen molar-refractivity contribution in [3.63, 3.8) is 0 Å². The third kappa shape index (κ3) is 3.63. The molecule has 1 aliphatic rings. The number of aliphatic hydroxyl groups is 1. The van der Waals surface area contributed by atoms with Gasteiger partial charge in [0, 0.05) is 6.54 Å². The van der Waals surface area contributed by atoms with Gasteiger partial charge in [-0.15, -0.1) is 0 Å². The maximum atomic E-state index is 12.9. The average molecular weight is 375 g/mol. The van der Waals surface area contributed by atoms with Gasteiger partial charge in [-0.3, -0.25) is 0 Å². The molecule has 0 amide bonds. The zero-order valence-electron chi connectivity index (χ0n) is 15.3. The minimum atomic E-state index is -3.82. The van der Waals surface area contributed by atoms with Crippen molar-refractivity contribution in [3.05, 3.63) is 59.2 Å². The predicted molar refractivity (Wildman–Crippen MR) is 101 cm³/mol. The second-order valence-electron chi connectivity index (χ2n) is 6.98. The molecule has 0 saturated heterocycles. The van der Waals surface area contributed by atoms with Crippen LogP contribution in [0.2, 0.25) is 0 Å². The van der Waals surface area contributed by atoms with Gasteiger partial charge in [0.1, 0.15) is 16.2 Å². The van der Waals surface area contributed by atoms with E-state index in [2.05, 4.69) is 4.72 Å². The van der Waals surface area contributed by atoms with Gasteiger partial charge >= 0.3 is 0 Å². The molecule has 0 aliphatic heterocycles. The van der Waals surface area contributed by atoms with Crippen molar-refractivity contribution in [1.82, 2.24) is 4.72 Å². The summed E-state index contributed by atoms with van der Waals surface area (Å²) in [6.45, 7) is 3.70. The second kappa shape index (κ2) is 7.02. The molecule has 6 heteroatoms. The molecule has 1 aliphatic carbocycles. The fourth-order valence-corrected chi connectivity index (χ4v) is 4.49. The third-order valence-electron chi connectivity index (χ3n) is 5.13. The number of aryl methyl sites for hydroxylation is 2. The quantitative estimate of drug-likeness (QED) is 0.780. The fourth-order valence-electron chi connectivity index (χ4n) is 3.19. The first-order chi connectivity index (χ1) is 12.3. The van der Waals surface area contributed by atoms with Crippen LogP contribution in [0.5, 0.6) is 5.75 Å². The van der Waals surface area contributed by atoms with Crippen LogP contribution in [-0.4, -0.2) is 27.2 Å². The highest BCUT2D eigenvalue weighted by Gasteiger charge is 2.45. The molecule has 26 heavy (non-hydrogen) atoms. The monoisotopic (exact) mass is 375 g/mol. The molecule has 1 saturated carbocycles. The van der Waals surface area contributed by atoms with E-state index in [1.54, 1.807) is 12.1 Å². The van der Waals surface area contributed by atoms with Crippen molar-refractivity contribution in [2.75, 3.05) is 13.7 Å². The zero-order chi connectivity index (χ0) is 18.9. The van der Waals surface area contributed by atoms with Crippen molar-refractivity contribution in [3.8, 4) is 5.75 Å². The minimum Gasteiger partial charge on any atom is -0.495 e. The Labute approximate surface area is 155 Å². The van der Waals surface area contributed by atoms with Crippen LogP contribution in [0.4, 0.5) is 0 Å². The summed E-state index contributed by atoms with van der Waals surface area (Å²) >= 11 is 0. The van der Waals surface area contributed by atoms with Crippen LogP contribution in [0.25, 0.3) is 0 Å². The van der Waals surface area contributed by atoms with Gasteiger partial charge in [-0.1, -0.05) is 30.3 Å². The van der Waals surface area contributed by atoms with Crippen molar-refractivity contribution in [1.29, 1.82) is 0 Å². The standard InChI is InChI=1S/C20H25NO4S/c1-14-11-18(25-3)19(12-15(14)2)26(23,24)21-13-20(22,17-9-10-17)16-7-5-4-6-8-16/h4-8,11-12,17,21-22H,9-10,13H2,1-3H3/t20-/m1/s1. The Kier molecular flexibility index (Phi) is 5.10. The molecule has 1 fully saturated rings. The lowest BCUT2D eigenvalue weighted by Gasteiger charge is -2.29. The molecule has 0 bridgehead atoms. The van der Waals surface area contributed by atoms with Gasteiger partial charge in [0.15, 0.2) is 0 Å². The Bertz CT molecular complexity index is 892. The number of methoxy groups -OCH3 is 1. The zero-order valence-corrected chi connectivity index (χ0v) is 16.1. The van der Waals surface area contributed by atoms with Crippen molar-refractivity contribution in [2.24, 2.45) is 5.92 Å². The SMILES string of the molecule is COc1cc(C)c(C)cc1S(=O)(=O)NC[C@@](O)(c1ccccc1)C1CC1. The van der Waals surface area contributed by atoms with Crippen LogP contribution in [0.15, 0.2) is 47.4 Å². The van der Waals surface area contributed by atoms with Gasteiger partial charge in [-0.05, 0) is 61.4 Å². The summed E-state index contributed by atoms with van der Waals surface area (Å²) in [6.07, 6.45) is 1.78. The fraction of sp³-hybridized carbons (Fsp3) is 0.400. The average Bonchev–Trinajstić information content (AvgIpc) is 3.48. The van der Waals surface area contributed by atoms with Crippen LogP contribution in [0.3, 0.4) is 0 Å². The van der Waals surface area contributed by atoms with E-state index < -0.39 is 15.6 Å². The van der Waals surface area contributed by atoms with Crippen LogP contribution in [0, 0.1) is 19.8 Å². The number of hydrogen-bond donors (Lipinski definition) is 2. The predicted octanol–water partition coefficient (Wildman–Crippen LogP) is 2.89. The summed E-state index contributed by atoms with van der Waals surface area (Å²) in [5, 5.41) is 11.2. The molecule has 5 nitrogen and oxygen atoms in total. The van der Waals surface area contributed by atoms with Crippen LogP contribution in [0.1, 0.15) is 29.5 Å². The lowest BCUT2D eigenvalue weighted by Crippen LogP contribution is -2.42. The maximum absolute atomic E-state index is 12.9. The smallest absolute Gasteiger partial charge is 0.244 e. The number of rotatable bonds is 7. The lowest BCUT2D eigenvalue weighted by molar-refractivity contribution is 0.0185. The molecule has 0 heterocycles. The van der Waals surface area contributed by atoms with Crippen LogP contribution < -0.4 is 9.46 Å². The van der Waals surface area contributed by atoms with E-state index in [0.717, 1.165) is 29.5 Å². The number of ether oxygens (including phenoxy) is 1. The van der Waals surface area contributed by atoms with E-state index in [9.17, 15) is 13.5 Å². The van der Waals surface area contributed by atoms with E-state index in [0.29, 0.717) is 5.75 Å². The van der Waals surface area contributed by atoms with E-state index in [4.69, 9.17) is 4.74 Å². The molecule has 0 aromatic heterocycles. The first-order valence-electron chi connectivity index (χ1n) is 8.71. The highest BCUT2D eigenvalue weighted by molar-refractivity contribution is 7.89. The number of benzene rings is 2. The van der Waals surface area contributed by atoms with Crippen molar-refractivity contribution >= 4 is 10.0 Å². The molecule has 0 radical (unpaired) electrons. The Morgan fingerprint density at radius 2 is 1.77 bits per heavy atom. The third-order valence-corrected chi connectivity index (χ3v) is 6.55. The number of sulfonamides is 1. The number of nitrogens with one attached hydrogen (secondary N) is 1. The molecule has 2 aromatic rings. The topological polar surface area (TPSA) is 75.6 Å². The summed E-state index contributed by atoms with van der Waals surface area (Å²) in [4.78, 5) is 0.0920. The molecule has 2 aromatic carbocycles. The van der Waals surface area contributed by atoms with E-state index in [1.807, 2.05) is 44.2 Å². The Morgan fingerprint density at radius 3 is 2.35 bits per heavy atom. The van der Waals surface area contributed by atoms with Gasteiger partial charge in [0.05, 0.1) is 7.11 Å². The minimum absolute atomic E-state index is 0.0641. The molecule has 3 rings (SSSR count). The van der Waals surface area contributed by atoms with Gasteiger partial charge in [-0.25, -0.2) is 13.1 Å². The summed E-state index contributed by atoms with van der Waals surface area (Å²) in [6, 6.07) is 12.6. The van der Waals surface area contributed by atoms with Crippen molar-refractivity contribution in [2.45, 2.75) is 37.2 Å². The van der Waals surface area contributed by atoms with Gasteiger partial charge in [0.25, 0.3) is 0 Å². The first-order valence-corrected chi connectivity index (χ1v) is 10.2. The maximum Gasteiger partial charge on any atom is 0.244 e. The summed E-state index contributed by atoms with van der Waals surface area (Å²) in [5.74, 6) is 0.365. The van der Waals surface area contributed by atoms with Gasteiger partial charge < -0.3 is 9.84 Å². The van der Waals surface area contributed by atoms with E-state index in [1.165, 1.54) is 7.11 Å². The molecule has 0 unspecified atom stereocenters. The molecule has 140 valence electrons. The highest BCUT2D eigenvalue weighted by Crippen LogP contribution is 2.45. The largest absolute Gasteiger partial charge is 0.495 e. The van der Waals surface area contributed by atoms with Crippen LogP contribution in [-0.2, 0) is 15.6 Å². The first kappa shape index (κ1) is 18.9. The Morgan fingerprint density at radius 1 is 1.15 bits per heavy atom. The molecule has 2 N–H and O–H groups in total.